The standard InChI is InChI=1S/C22H19NO3S/c1-24-15-9-10-19-17(12-15)21(14-8-11-20(26-3)23-13-14)22(27-19)16-6-4-5-7-18(16)25-2/h4-13H,1-3H3. The lowest BCUT2D eigenvalue weighted by molar-refractivity contribution is 0.398. The Balaban J connectivity index is 2.02. The van der Waals surface area contributed by atoms with E-state index in [1.165, 1.54) is 4.70 Å². The second-order valence-corrected chi connectivity index (χ2v) is 7.01. The summed E-state index contributed by atoms with van der Waals surface area (Å²) in [5.41, 5.74) is 3.20. The molecular weight excluding hydrogens is 358 g/mol. The van der Waals surface area contributed by atoms with Gasteiger partial charge in [0.25, 0.3) is 0 Å². The molecule has 0 N–H and O–H groups in total. The van der Waals surface area contributed by atoms with Crippen molar-refractivity contribution in [3.8, 4) is 38.9 Å². The van der Waals surface area contributed by atoms with Crippen LogP contribution in [0.4, 0.5) is 0 Å². The van der Waals surface area contributed by atoms with Crippen LogP contribution in [0.1, 0.15) is 0 Å². The van der Waals surface area contributed by atoms with E-state index in [1.807, 2.05) is 42.6 Å². The number of hydrogen-bond donors (Lipinski definition) is 0. The first-order chi connectivity index (χ1) is 13.2. The van der Waals surface area contributed by atoms with E-state index in [9.17, 15) is 0 Å². The van der Waals surface area contributed by atoms with Gasteiger partial charge in [-0.3, -0.25) is 0 Å². The Kier molecular flexibility index (Phi) is 4.69. The summed E-state index contributed by atoms with van der Waals surface area (Å²) in [5.74, 6) is 2.27. The lowest BCUT2D eigenvalue weighted by atomic mass is 9.99. The summed E-state index contributed by atoms with van der Waals surface area (Å²) in [6, 6.07) is 18.1. The van der Waals surface area contributed by atoms with Gasteiger partial charge in [-0.05, 0) is 36.4 Å². The normalized spacial score (nSPS) is 10.8. The third-order valence-corrected chi connectivity index (χ3v) is 5.68. The lowest BCUT2D eigenvalue weighted by Gasteiger charge is -2.10. The van der Waals surface area contributed by atoms with Crippen LogP contribution in [0, 0.1) is 0 Å². The average Bonchev–Trinajstić information content (AvgIpc) is 3.12. The number of methoxy groups -OCH3 is 3. The molecule has 2 heterocycles. The van der Waals surface area contributed by atoms with E-state index in [2.05, 4.69) is 23.2 Å². The molecule has 4 aromatic rings. The molecule has 0 aliphatic rings. The Morgan fingerprint density at radius 2 is 1.70 bits per heavy atom. The third-order valence-electron chi connectivity index (χ3n) is 4.48. The van der Waals surface area contributed by atoms with Crippen LogP contribution in [0.3, 0.4) is 0 Å². The Morgan fingerprint density at radius 1 is 0.852 bits per heavy atom. The SMILES string of the molecule is COc1ccc2sc(-c3ccccc3OC)c(-c3ccc(OC)nc3)c2c1. The number of ether oxygens (including phenoxy) is 3. The molecule has 0 fully saturated rings. The van der Waals surface area contributed by atoms with Crippen molar-refractivity contribution in [3.63, 3.8) is 0 Å². The molecule has 0 radical (unpaired) electrons. The van der Waals surface area contributed by atoms with Crippen LogP contribution in [0.25, 0.3) is 31.7 Å². The van der Waals surface area contributed by atoms with Crippen molar-refractivity contribution in [1.29, 1.82) is 0 Å². The summed E-state index contributed by atoms with van der Waals surface area (Å²) in [6.07, 6.45) is 1.85. The van der Waals surface area contributed by atoms with Gasteiger partial charge in [-0.15, -0.1) is 11.3 Å². The first-order valence-electron chi connectivity index (χ1n) is 8.49. The zero-order valence-electron chi connectivity index (χ0n) is 15.4. The summed E-state index contributed by atoms with van der Waals surface area (Å²) in [5, 5.41) is 1.13. The quantitative estimate of drug-likeness (QED) is 0.450. The number of para-hydroxylation sites is 1. The number of pyridine rings is 1. The minimum absolute atomic E-state index is 0.592. The minimum Gasteiger partial charge on any atom is -0.497 e. The van der Waals surface area contributed by atoms with Gasteiger partial charge in [0.2, 0.25) is 5.88 Å². The van der Waals surface area contributed by atoms with E-state index in [4.69, 9.17) is 14.2 Å². The van der Waals surface area contributed by atoms with Crippen LogP contribution in [-0.4, -0.2) is 26.3 Å². The van der Waals surface area contributed by atoms with Crippen LogP contribution < -0.4 is 14.2 Å². The van der Waals surface area contributed by atoms with E-state index in [1.54, 1.807) is 32.7 Å². The zero-order chi connectivity index (χ0) is 18.8. The molecule has 0 atom stereocenters. The molecule has 0 saturated heterocycles. The topological polar surface area (TPSA) is 40.6 Å². The highest BCUT2D eigenvalue weighted by atomic mass is 32.1. The molecule has 0 aliphatic heterocycles. The summed E-state index contributed by atoms with van der Waals surface area (Å²) >= 11 is 1.74. The number of nitrogens with zero attached hydrogens (tertiary/aromatic N) is 1. The Hall–Kier alpha value is -3.05. The molecule has 4 nitrogen and oxygen atoms in total. The predicted octanol–water partition coefficient (Wildman–Crippen LogP) is 5.66. The number of benzene rings is 2. The van der Waals surface area contributed by atoms with Gasteiger partial charge in [-0.1, -0.05) is 12.1 Å². The van der Waals surface area contributed by atoms with Gasteiger partial charge in [0.1, 0.15) is 11.5 Å². The number of aromatic nitrogens is 1. The molecule has 0 amide bonds. The van der Waals surface area contributed by atoms with Crippen molar-refractivity contribution >= 4 is 21.4 Å². The largest absolute Gasteiger partial charge is 0.497 e. The summed E-state index contributed by atoms with van der Waals surface area (Å²) in [4.78, 5) is 5.54. The fourth-order valence-corrected chi connectivity index (χ4v) is 4.40. The van der Waals surface area contributed by atoms with Gasteiger partial charge in [0.15, 0.2) is 0 Å². The monoisotopic (exact) mass is 377 g/mol. The Labute approximate surface area is 162 Å². The molecule has 5 heteroatoms. The molecule has 2 aromatic heterocycles. The second-order valence-electron chi connectivity index (χ2n) is 5.96. The number of fused-ring (bicyclic) bond motifs is 1. The average molecular weight is 377 g/mol. The fourth-order valence-electron chi connectivity index (χ4n) is 3.16. The third kappa shape index (κ3) is 3.11. The van der Waals surface area contributed by atoms with Crippen LogP contribution in [0.15, 0.2) is 60.8 Å². The van der Waals surface area contributed by atoms with E-state index in [-0.39, 0.29) is 0 Å². The molecule has 0 bridgehead atoms. The molecule has 136 valence electrons. The van der Waals surface area contributed by atoms with Crippen molar-refractivity contribution in [2.45, 2.75) is 0 Å². The molecule has 0 unspecified atom stereocenters. The van der Waals surface area contributed by atoms with Gasteiger partial charge >= 0.3 is 0 Å². The summed E-state index contributed by atoms with van der Waals surface area (Å²) in [7, 11) is 5.00. The minimum atomic E-state index is 0.592. The maximum atomic E-state index is 5.61. The van der Waals surface area contributed by atoms with Crippen LogP contribution >= 0.6 is 11.3 Å². The zero-order valence-corrected chi connectivity index (χ0v) is 16.2. The van der Waals surface area contributed by atoms with Crippen LogP contribution in [0.5, 0.6) is 17.4 Å². The molecule has 0 saturated carbocycles. The highest BCUT2D eigenvalue weighted by molar-refractivity contribution is 7.23. The van der Waals surface area contributed by atoms with Crippen molar-refractivity contribution in [1.82, 2.24) is 4.98 Å². The lowest BCUT2D eigenvalue weighted by Crippen LogP contribution is -1.90. The molecular formula is C22H19NO3S. The summed E-state index contributed by atoms with van der Waals surface area (Å²) in [6.45, 7) is 0. The van der Waals surface area contributed by atoms with Crippen LogP contribution in [-0.2, 0) is 0 Å². The molecule has 2 aromatic carbocycles. The highest BCUT2D eigenvalue weighted by Crippen LogP contribution is 2.48. The van der Waals surface area contributed by atoms with Gasteiger partial charge in [-0.2, -0.15) is 0 Å². The van der Waals surface area contributed by atoms with Gasteiger partial charge in [0.05, 0.1) is 21.3 Å². The molecule has 0 spiro atoms. The maximum Gasteiger partial charge on any atom is 0.212 e. The van der Waals surface area contributed by atoms with Crippen LogP contribution in [0.2, 0.25) is 0 Å². The highest BCUT2D eigenvalue weighted by Gasteiger charge is 2.19. The molecule has 27 heavy (non-hydrogen) atoms. The second kappa shape index (κ2) is 7.29. The van der Waals surface area contributed by atoms with Gasteiger partial charge in [-0.25, -0.2) is 4.98 Å². The van der Waals surface area contributed by atoms with E-state index >= 15 is 0 Å². The molecule has 0 aliphatic carbocycles. The van der Waals surface area contributed by atoms with Crippen molar-refractivity contribution in [3.05, 3.63) is 60.8 Å². The number of hydrogen-bond acceptors (Lipinski definition) is 5. The Morgan fingerprint density at radius 3 is 2.41 bits per heavy atom. The van der Waals surface area contributed by atoms with Gasteiger partial charge in [0, 0.05) is 43.9 Å². The predicted molar refractivity (Wildman–Crippen MR) is 110 cm³/mol. The van der Waals surface area contributed by atoms with Crippen molar-refractivity contribution < 1.29 is 14.2 Å². The number of thiophene rings is 1. The van der Waals surface area contributed by atoms with E-state index < -0.39 is 0 Å². The van der Waals surface area contributed by atoms with Crippen molar-refractivity contribution in [2.75, 3.05) is 21.3 Å². The first-order valence-corrected chi connectivity index (χ1v) is 9.31. The number of rotatable bonds is 5. The van der Waals surface area contributed by atoms with E-state index in [0.29, 0.717) is 5.88 Å². The summed E-state index contributed by atoms with van der Waals surface area (Å²) < 4.78 is 17.5. The fraction of sp³-hybridized carbons (Fsp3) is 0.136. The van der Waals surface area contributed by atoms with Gasteiger partial charge < -0.3 is 14.2 Å². The van der Waals surface area contributed by atoms with Crippen molar-refractivity contribution in [2.24, 2.45) is 0 Å². The molecule has 4 rings (SSSR count). The first kappa shape index (κ1) is 17.4. The smallest absolute Gasteiger partial charge is 0.212 e. The van der Waals surface area contributed by atoms with E-state index in [0.717, 1.165) is 38.5 Å². The maximum absolute atomic E-state index is 5.61. The Bertz CT molecular complexity index is 1090.